The number of nitro groups is 1. The van der Waals surface area contributed by atoms with Crippen molar-refractivity contribution in [3.8, 4) is 0 Å². The summed E-state index contributed by atoms with van der Waals surface area (Å²) in [6, 6.07) is 8.30. The lowest BCUT2D eigenvalue weighted by atomic mass is 10.2. The maximum atomic E-state index is 12.1. The van der Waals surface area contributed by atoms with Crippen molar-refractivity contribution in [1.82, 2.24) is 5.32 Å². The van der Waals surface area contributed by atoms with Crippen LogP contribution >= 0.6 is 22.9 Å². The van der Waals surface area contributed by atoms with Crippen LogP contribution in [0.4, 0.5) is 11.4 Å². The Labute approximate surface area is 142 Å². The van der Waals surface area contributed by atoms with E-state index >= 15 is 0 Å². The molecule has 0 saturated carbocycles. The number of thiophene rings is 1. The molecule has 23 heavy (non-hydrogen) atoms. The molecule has 2 aromatic rings. The molecular weight excluding hydrogens is 338 g/mol. The van der Waals surface area contributed by atoms with Crippen molar-refractivity contribution in [2.24, 2.45) is 0 Å². The van der Waals surface area contributed by atoms with Gasteiger partial charge in [0.1, 0.15) is 5.69 Å². The quantitative estimate of drug-likeness (QED) is 0.611. The minimum Gasteiger partial charge on any atom is -0.357 e. The van der Waals surface area contributed by atoms with Gasteiger partial charge in [0.25, 0.3) is 5.69 Å². The fourth-order valence-electron chi connectivity index (χ4n) is 2.11. The first-order valence-corrected chi connectivity index (χ1v) is 8.25. The molecule has 8 heteroatoms. The number of anilines is 1. The predicted molar refractivity (Wildman–Crippen MR) is 92.2 cm³/mol. The van der Waals surface area contributed by atoms with Crippen LogP contribution in [0.2, 0.25) is 5.02 Å². The van der Waals surface area contributed by atoms with Gasteiger partial charge in [0.15, 0.2) is 0 Å². The summed E-state index contributed by atoms with van der Waals surface area (Å²) in [5.41, 5.74) is 0.276. The van der Waals surface area contributed by atoms with Crippen LogP contribution in [0, 0.1) is 10.1 Å². The Bertz CT molecular complexity index is 691. The van der Waals surface area contributed by atoms with E-state index in [0.717, 1.165) is 4.88 Å². The standard InChI is InChI=1S/C15H16ClN3O3S/c1-2-18(10-15(20)17-9-12-4-3-7-23-12)13-6-5-11(16)8-14(13)19(21)22/h3-8H,2,9-10H2,1H3,(H,17,20). The van der Waals surface area contributed by atoms with Crippen LogP contribution in [0.15, 0.2) is 35.7 Å². The Morgan fingerprint density at radius 1 is 1.43 bits per heavy atom. The summed E-state index contributed by atoms with van der Waals surface area (Å²) < 4.78 is 0. The lowest BCUT2D eigenvalue weighted by molar-refractivity contribution is -0.384. The first-order chi connectivity index (χ1) is 11.0. The van der Waals surface area contributed by atoms with Gasteiger partial charge < -0.3 is 10.2 Å². The van der Waals surface area contributed by atoms with Crippen molar-refractivity contribution < 1.29 is 9.72 Å². The Kier molecular flexibility index (Phi) is 5.95. The van der Waals surface area contributed by atoms with Gasteiger partial charge in [-0.1, -0.05) is 17.7 Å². The molecule has 0 unspecified atom stereocenters. The number of nitrogens with zero attached hydrogens (tertiary/aromatic N) is 2. The van der Waals surface area contributed by atoms with Crippen LogP contribution in [0.25, 0.3) is 0 Å². The third-order valence-electron chi connectivity index (χ3n) is 3.23. The number of likely N-dealkylation sites (N-methyl/N-ethyl adjacent to an activating group) is 1. The summed E-state index contributed by atoms with van der Waals surface area (Å²) in [6.07, 6.45) is 0. The lowest BCUT2D eigenvalue weighted by Crippen LogP contribution is -2.37. The van der Waals surface area contributed by atoms with Crippen LogP contribution in [-0.4, -0.2) is 23.9 Å². The van der Waals surface area contributed by atoms with E-state index in [1.165, 1.54) is 6.07 Å². The molecule has 1 aromatic carbocycles. The molecule has 0 fully saturated rings. The van der Waals surface area contributed by atoms with Crippen molar-refractivity contribution in [3.05, 3.63) is 55.7 Å². The highest BCUT2D eigenvalue weighted by Gasteiger charge is 2.20. The zero-order chi connectivity index (χ0) is 16.8. The Hall–Kier alpha value is -2.12. The van der Waals surface area contributed by atoms with Gasteiger partial charge in [-0.05, 0) is 30.5 Å². The molecule has 0 spiro atoms. The number of hydrogen-bond acceptors (Lipinski definition) is 5. The first kappa shape index (κ1) is 17.2. The lowest BCUT2D eigenvalue weighted by Gasteiger charge is -2.22. The third kappa shape index (κ3) is 4.67. The first-order valence-electron chi connectivity index (χ1n) is 6.99. The molecular formula is C15H16ClN3O3S. The SMILES string of the molecule is CCN(CC(=O)NCc1cccs1)c1ccc(Cl)cc1[N+](=O)[O-]. The van der Waals surface area contributed by atoms with Crippen LogP contribution in [0.1, 0.15) is 11.8 Å². The van der Waals surface area contributed by atoms with Gasteiger partial charge in [0.05, 0.1) is 18.0 Å². The molecule has 1 amide bonds. The van der Waals surface area contributed by atoms with Crippen LogP contribution in [0.3, 0.4) is 0 Å². The zero-order valence-electron chi connectivity index (χ0n) is 12.5. The fourth-order valence-corrected chi connectivity index (χ4v) is 2.92. The molecule has 1 heterocycles. The maximum Gasteiger partial charge on any atom is 0.294 e. The highest BCUT2D eigenvalue weighted by Crippen LogP contribution is 2.30. The number of rotatable bonds is 7. The maximum absolute atomic E-state index is 12.1. The minimum atomic E-state index is -0.493. The minimum absolute atomic E-state index is 0.0460. The molecule has 0 aliphatic carbocycles. The van der Waals surface area contributed by atoms with E-state index in [1.54, 1.807) is 28.4 Å². The summed E-state index contributed by atoms with van der Waals surface area (Å²) >= 11 is 7.38. The van der Waals surface area contributed by atoms with E-state index in [-0.39, 0.29) is 18.1 Å². The molecule has 0 atom stereocenters. The van der Waals surface area contributed by atoms with E-state index in [0.29, 0.717) is 23.8 Å². The number of benzene rings is 1. The molecule has 122 valence electrons. The van der Waals surface area contributed by atoms with Crippen molar-refractivity contribution >= 4 is 40.2 Å². The average molecular weight is 354 g/mol. The number of nitro benzene ring substituents is 1. The van der Waals surface area contributed by atoms with Crippen LogP contribution in [0.5, 0.6) is 0 Å². The second-order valence-electron chi connectivity index (χ2n) is 4.76. The number of nitrogens with one attached hydrogen (secondary N) is 1. The number of amides is 1. The van der Waals surface area contributed by atoms with Gasteiger partial charge >= 0.3 is 0 Å². The van der Waals surface area contributed by atoms with Crippen molar-refractivity contribution in [3.63, 3.8) is 0 Å². The Balaban J connectivity index is 2.07. The van der Waals surface area contributed by atoms with E-state index in [2.05, 4.69) is 5.32 Å². The van der Waals surface area contributed by atoms with Crippen molar-refractivity contribution in [2.75, 3.05) is 18.0 Å². The predicted octanol–water partition coefficient (Wildman–Crippen LogP) is 3.45. The Morgan fingerprint density at radius 3 is 2.83 bits per heavy atom. The average Bonchev–Trinajstić information content (AvgIpc) is 3.04. The summed E-state index contributed by atoms with van der Waals surface area (Å²) in [7, 11) is 0. The topological polar surface area (TPSA) is 75.5 Å². The molecule has 0 aliphatic rings. The molecule has 0 radical (unpaired) electrons. The monoisotopic (exact) mass is 353 g/mol. The third-order valence-corrected chi connectivity index (χ3v) is 4.34. The highest BCUT2D eigenvalue weighted by atomic mass is 35.5. The van der Waals surface area contributed by atoms with Gasteiger partial charge in [-0.15, -0.1) is 11.3 Å². The van der Waals surface area contributed by atoms with Crippen molar-refractivity contribution in [2.45, 2.75) is 13.5 Å². The molecule has 0 saturated heterocycles. The molecule has 0 bridgehead atoms. The van der Waals surface area contributed by atoms with E-state index in [1.807, 2.05) is 24.4 Å². The second-order valence-corrected chi connectivity index (χ2v) is 6.23. The van der Waals surface area contributed by atoms with Crippen LogP contribution in [-0.2, 0) is 11.3 Å². The molecule has 1 N–H and O–H groups in total. The molecule has 0 aliphatic heterocycles. The Morgan fingerprint density at radius 2 is 2.22 bits per heavy atom. The number of hydrogen-bond donors (Lipinski definition) is 1. The summed E-state index contributed by atoms with van der Waals surface area (Å²) in [5, 5.41) is 16.2. The normalized spacial score (nSPS) is 10.3. The fraction of sp³-hybridized carbons (Fsp3) is 0.267. The van der Waals surface area contributed by atoms with Crippen molar-refractivity contribution in [1.29, 1.82) is 0 Å². The van der Waals surface area contributed by atoms with Gasteiger partial charge in [-0.25, -0.2) is 0 Å². The zero-order valence-corrected chi connectivity index (χ0v) is 14.1. The summed E-state index contributed by atoms with van der Waals surface area (Å²) in [4.78, 5) is 25.5. The van der Waals surface area contributed by atoms with E-state index < -0.39 is 4.92 Å². The largest absolute Gasteiger partial charge is 0.357 e. The van der Waals surface area contributed by atoms with Crippen LogP contribution < -0.4 is 10.2 Å². The summed E-state index contributed by atoms with van der Waals surface area (Å²) in [5.74, 6) is -0.190. The highest BCUT2D eigenvalue weighted by molar-refractivity contribution is 7.09. The van der Waals surface area contributed by atoms with Gasteiger partial charge in [-0.2, -0.15) is 0 Å². The second kappa shape index (κ2) is 7.94. The van der Waals surface area contributed by atoms with Gasteiger partial charge in [-0.3, -0.25) is 14.9 Å². The number of carbonyl (C=O) groups is 1. The van der Waals surface area contributed by atoms with E-state index in [9.17, 15) is 14.9 Å². The van der Waals surface area contributed by atoms with Gasteiger partial charge in [0.2, 0.25) is 5.91 Å². The smallest absolute Gasteiger partial charge is 0.294 e. The summed E-state index contributed by atoms with van der Waals surface area (Å²) in [6.45, 7) is 2.81. The number of carbonyl (C=O) groups excluding carboxylic acids is 1. The van der Waals surface area contributed by atoms with Gasteiger partial charge in [0, 0.05) is 22.5 Å². The molecule has 6 nitrogen and oxygen atoms in total. The number of halogens is 1. The molecule has 2 rings (SSSR count). The molecule has 1 aromatic heterocycles. The van der Waals surface area contributed by atoms with E-state index in [4.69, 9.17) is 11.6 Å².